The molecule has 0 saturated carbocycles. The Morgan fingerprint density at radius 3 is 2.58 bits per heavy atom. The maximum atomic E-state index is 11.4. The highest BCUT2D eigenvalue weighted by atomic mass is 16.5. The molecule has 3 aromatic rings. The van der Waals surface area contributed by atoms with Gasteiger partial charge in [0.15, 0.2) is 0 Å². The molecule has 0 bridgehead atoms. The van der Waals surface area contributed by atoms with Crippen LogP contribution in [-0.4, -0.2) is 30.8 Å². The van der Waals surface area contributed by atoms with Gasteiger partial charge in [-0.2, -0.15) is 0 Å². The topological polar surface area (TPSA) is 89.6 Å². The summed E-state index contributed by atoms with van der Waals surface area (Å²) in [6, 6.07) is 20.0. The van der Waals surface area contributed by atoms with Gasteiger partial charge in [-0.15, -0.1) is 0 Å². The van der Waals surface area contributed by atoms with Gasteiger partial charge >= 0.3 is 5.97 Å². The lowest BCUT2D eigenvalue weighted by Crippen LogP contribution is -2.11. The highest BCUT2D eigenvalue weighted by Crippen LogP contribution is 2.28. The number of methoxy groups -OCH3 is 1. The molecular formula is C27H32N4O2. The zero-order valence-corrected chi connectivity index (χ0v) is 19.5. The first kappa shape index (κ1) is 25.3. The molecule has 1 heterocycles. The van der Waals surface area contributed by atoms with Crippen molar-refractivity contribution < 1.29 is 9.53 Å². The highest BCUT2D eigenvalue weighted by molar-refractivity contribution is 5.88. The minimum Gasteiger partial charge on any atom is -0.469 e. The van der Waals surface area contributed by atoms with Crippen LogP contribution in [0.4, 0.5) is 5.69 Å². The first-order chi connectivity index (χ1) is 16.2. The number of esters is 1. The number of anilines is 1. The van der Waals surface area contributed by atoms with Gasteiger partial charge in [-0.1, -0.05) is 56.3 Å². The van der Waals surface area contributed by atoms with Gasteiger partial charge < -0.3 is 15.8 Å². The number of hydrogen-bond acceptors (Lipinski definition) is 6. The normalized spacial score (nSPS) is 10.9. The summed E-state index contributed by atoms with van der Waals surface area (Å²) in [7, 11) is 1.38. The van der Waals surface area contributed by atoms with Gasteiger partial charge in [0.1, 0.15) is 0 Å². The molecule has 0 aliphatic rings. The van der Waals surface area contributed by atoms with Gasteiger partial charge in [-0.05, 0) is 41.0 Å². The molecule has 0 fully saturated rings. The SMILES string of the molecule is CC.COC(=O)CCNc1ccc(-c2ccccc2)cc1/C(N)=C/C=NCc1cccnc1. The van der Waals surface area contributed by atoms with Crippen molar-refractivity contribution >= 4 is 23.6 Å². The quantitative estimate of drug-likeness (QED) is 0.344. The van der Waals surface area contributed by atoms with E-state index in [1.54, 1.807) is 24.7 Å². The molecule has 3 rings (SSSR count). The molecule has 6 nitrogen and oxygen atoms in total. The van der Waals surface area contributed by atoms with E-state index in [1.807, 2.05) is 62.4 Å². The largest absolute Gasteiger partial charge is 0.469 e. The summed E-state index contributed by atoms with van der Waals surface area (Å²) in [5.41, 5.74) is 11.9. The predicted molar refractivity (Wildman–Crippen MR) is 137 cm³/mol. The van der Waals surface area contributed by atoms with Crippen LogP contribution < -0.4 is 11.1 Å². The Hall–Kier alpha value is -3.93. The molecule has 0 atom stereocenters. The zero-order chi connectivity index (χ0) is 23.9. The number of allylic oxidation sites excluding steroid dienone is 1. The molecule has 2 aromatic carbocycles. The van der Waals surface area contributed by atoms with E-state index < -0.39 is 0 Å². The Balaban J connectivity index is 0.00000187. The smallest absolute Gasteiger partial charge is 0.307 e. The monoisotopic (exact) mass is 444 g/mol. The highest BCUT2D eigenvalue weighted by Gasteiger charge is 2.09. The van der Waals surface area contributed by atoms with Gasteiger partial charge in [0.25, 0.3) is 0 Å². The van der Waals surface area contributed by atoms with E-state index in [-0.39, 0.29) is 12.4 Å². The summed E-state index contributed by atoms with van der Waals surface area (Å²) in [5.74, 6) is -0.263. The van der Waals surface area contributed by atoms with Crippen molar-refractivity contribution in [2.45, 2.75) is 26.8 Å². The Morgan fingerprint density at radius 2 is 1.88 bits per heavy atom. The lowest BCUT2D eigenvalue weighted by Gasteiger charge is -2.14. The van der Waals surface area contributed by atoms with Crippen molar-refractivity contribution in [3.05, 3.63) is 90.3 Å². The maximum Gasteiger partial charge on any atom is 0.307 e. The van der Waals surface area contributed by atoms with E-state index in [0.717, 1.165) is 27.9 Å². The minimum absolute atomic E-state index is 0.263. The maximum absolute atomic E-state index is 11.4. The summed E-state index contributed by atoms with van der Waals surface area (Å²) >= 11 is 0. The average molecular weight is 445 g/mol. The lowest BCUT2D eigenvalue weighted by atomic mass is 10.00. The van der Waals surface area contributed by atoms with E-state index in [2.05, 4.69) is 27.4 Å². The second-order valence-electron chi connectivity index (χ2n) is 6.85. The number of benzene rings is 2. The number of ether oxygens (including phenoxy) is 1. The standard InChI is InChI=1S/C25H26N4O2.C2H6/c1-31-25(30)12-15-29-24-10-9-21(20-7-3-2-4-8-20)16-22(24)23(26)11-14-28-18-19-6-5-13-27-17-19;1-2/h2-11,13-14,16-17,29H,12,15,18,26H2,1H3;1-2H3/b23-11-,28-14?;. The minimum atomic E-state index is -0.263. The molecule has 0 unspecified atom stereocenters. The molecule has 0 spiro atoms. The third kappa shape index (κ3) is 8.26. The van der Waals surface area contributed by atoms with Crippen LogP contribution in [0, 0.1) is 0 Å². The molecular weight excluding hydrogens is 412 g/mol. The average Bonchev–Trinajstić information content (AvgIpc) is 2.88. The van der Waals surface area contributed by atoms with Crippen LogP contribution in [0.15, 0.2) is 84.1 Å². The molecule has 0 amide bonds. The fourth-order valence-electron chi connectivity index (χ4n) is 3.02. The fraction of sp³-hybridized carbons (Fsp3) is 0.222. The van der Waals surface area contributed by atoms with Gasteiger partial charge in [-0.3, -0.25) is 14.8 Å². The predicted octanol–water partition coefficient (Wildman–Crippen LogP) is 5.32. The summed E-state index contributed by atoms with van der Waals surface area (Å²) in [6.07, 6.45) is 7.28. The molecule has 0 saturated heterocycles. The third-order valence-corrected chi connectivity index (χ3v) is 4.67. The number of aromatic nitrogens is 1. The van der Waals surface area contributed by atoms with Crippen molar-refractivity contribution in [2.24, 2.45) is 10.7 Å². The Labute approximate surface area is 196 Å². The number of aliphatic imine (C=N–C) groups is 1. The first-order valence-corrected chi connectivity index (χ1v) is 11.0. The zero-order valence-electron chi connectivity index (χ0n) is 19.5. The molecule has 0 radical (unpaired) electrons. The van der Waals surface area contributed by atoms with Crippen LogP contribution in [0.3, 0.4) is 0 Å². The van der Waals surface area contributed by atoms with E-state index in [0.29, 0.717) is 18.8 Å². The van der Waals surface area contributed by atoms with Crippen molar-refractivity contribution in [3.63, 3.8) is 0 Å². The number of carbonyl (C=O) groups is 1. The number of nitrogens with zero attached hydrogens (tertiary/aromatic N) is 2. The molecule has 6 heteroatoms. The second-order valence-corrected chi connectivity index (χ2v) is 6.85. The Morgan fingerprint density at radius 1 is 1.09 bits per heavy atom. The van der Waals surface area contributed by atoms with Crippen molar-refractivity contribution in [3.8, 4) is 11.1 Å². The summed E-state index contributed by atoms with van der Waals surface area (Å²) in [6.45, 7) is 4.98. The first-order valence-electron chi connectivity index (χ1n) is 11.0. The van der Waals surface area contributed by atoms with E-state index >= 15 is 0 Å². The van der Waals surface area contributed by atoms with Crippen molar-refractivity contribution in [1.29, 1.82) is 0 Å². The molecule has 1 aromatic heterocycles. The molecule has 0 aliphatic heterocycles. The molecule has 172 valence electrons. The number of nitrogens with one attached hydrogen (secondary N) is 1. The van der Waals surface area contributed by atoms with E-state index in [1.165, 1.54) is 7.11 Å². The van der Waals surface area contributed by atoms with Gasteiger partial charge in [0.2, 0.25) is 0 Å². The fourth-order valence-corrected chi connectivity index (χ4v) is 3.02. The van der Waals surface area contributed by atoms with Crippen molar-refractivity contribution in [1.82, 2.24) is 4.98 Å². The van der Waals surface area contributed by atoms with E-state index in [9.17, 15) is 4.79 Å². The number of pyridine rings is 1. The molecule has 3 N–H and O–H groups in total. The molecule has 0 aliphatic carbocycles. The third-order valence-electron chi connectivity index (χ3n) is 4.67. The van der Waals surface area contributed by atoms with E-state index in [4.69, 9.17) is 10.5 Å². The van der Waals surface area contributed by atoms with Crippen LogP contribution in [0.1, 0.15) is 31.4 Å². The Kier molecular flexibility index (Phi) is 10.9. The van der Waals surface area contributed by atoms with Crippen LogP contribution in [0.5, 0.6) is 0 Å². The van der Waals surface area contributed by atoms with Crippen LogP contribution >= 0.6 is 0 Å². The summed E-state index contributed by atoms with van der Waals surface area (Å²) in [5, 5.41) is 3.28. The number of hydrogen-bond donors (Lipinski definition) is 2. The van der Waals surface area contributed by atoms with Crippen LogP contribution in [0.25, 0.3) is 16.8 Å². The molecule has 33 heavy (non-hydrogen) atoms. The lowest BCUT2D eigenvalue weighted by molar-refractivity contribution is -0.140. The van der Waals surface area contributed by atoms with Crippen LogP contribution in [0.2, 0.25) is 0 Å². The number of rotatable bonds is 9. The summed E-state index contributed by atoms with van der Waals surface area (Å²) < 4.78 is 4.71. The van der Waals surface area contributed by atoms with Crippen LogP contribution in [-0.2, 0) is 16.1 Å². The number of carbonyl (C=O) groups excluding carboxylic acids is 1. The van der Waals surface area contributed by atoms with Gasteiger partial charge in [0.05, 0.1) is 20.1 Å². The second kappa shape index (κ2) is 14.2. The Bertz CT molecular complexity index is 1050. The number of nitrogens with two attached hydrogens (primary N) is 1. The van der Waals surface area contributed by atoms with Gasteiger partial charge in [0, 0.05) is 42.1 Å². The summed E-state index contributed by atoms with van der Waals surface area (Å²) in [4.78, 5) is 19.9. The van der Waals surface area contributed by atoms with Crippen molar-refractivity contribution in [2.75, 3.05) is 19.0 Å². The van der Waals surface area contributed by atoms with Gasteiger partial charge in [-0.25, -0.2) is 0 Å².